The maximum Gasteiger partial charge on any atom is 0.166 e. The summed E-state index contributed by atoms with van der Waals surface area (Å²) in [5.74, 6) is -1.16. The van der Waals surface area contributed by atoms with Gasteiger partial charge in [-0.3, -0.25) is 0 Å². The molecule has 0 spiro atoms. The highest BCUT2D eigenvalue weighted by atomic mass is 19.2. The van der Waals surface area contributed by atoms with Gasteiger partial charge in [-0.2, -0.15) is 0 Å². The minimum atomic E-state index is -0.822. The van der Waals surface area contributed by atoms with E-state index in [0.29, 0.717) is 34.6 Å². The average molecular weight is 489 g/mol. The standard InChI is InChI=1S/C33H35F3/c1-3-5-7-8-23-10-12-24(13-11-23)28-19-20-29(31(34)22-28)25-14-16-26(17-15-25)30-21-18-27(9-6-4-2)32(35)33(30)36/h3,5,12,14-23H,4,6-11,13H2,1-2H3/b5-3+. The number of benzene rings is 3. The molecule has 3 aromatic rings. The molecule has 0 amide bonds. The SMILES string of the molecule is C/C=C/CCC1CC=C(c2ccc(-c3ccc(-c4ccc(CCCC)c(F)c4F)cc3)c(F)c2)CC1. The third-order valence-corrected chi connectivity index (χ3v) is 7.31. The zero-order valence-corrected chi connectivity index (χ0v) is 21.3. The van der Waals surface area contributed by atoms with Gasteiger partial charge in [-0.15, -0.1) is 0 Å². The van der Waals surface area contributed by atoms with Crippen molar-refractivity contribution in [1.82, 2.24) is 0 Å². The van der Waals surface area contributed by atoms with Gasteiger partial charge in [0.1, 0.15) is 5.82 Å². The van der Waals surface area contributed by atoms with Crippen LogP contribution < -0.4 is 0 Å². The van der Waals surface area contributed by atoms with E-state index in [2.05, 4.69) is 25.2 Å². The molecule has 3 heteroatoms. The van der Waals surface area contributed by atoms with Crippen molar-refractivity contribution in [2.75, 3.05) is 0 Å². The van der Waals surface area contributed by atoms with E-state index in [1.54, 1.807) is 42.5 Å². The zero-order valence-electron chi connectivity index (χ0n) is 21.3. The summed E-state index contributed by atoms with van der Waals surface area (Å²) in [7, 11) is 0. The lowest BCUT2D eigenvalue weighted by molar-refractivity contribution is 0.454. The summed E-state index contributed by atoms with van der Waals surface area (Å²) in [6.07, 6.45) is 14.4. The van der Waals surface area contributed by atoms with Crippen LogP contribution in [0.2, 0.25) is 0 Å². The number of aryl methyl sites for hydroxylation is 1. The van der Waals surface area contributed by atoms with Crippen LogP contribution in [-0.2, 0) is 6.42 Å². The van der Waals surface area contributed by atoms with Crippen LogP contribution in [0.25, 0.3) is 27.8 Å². The fourth-order valence-corrected chi connectivity index (χ4v) is 5.06. The largest absolute Gasteiger partial charge is 0.206 e. The Morgan fingerprint density at radius 2 is 1.56 bits per heavy atom. The fourth-order valence-electron chi connectivity index (χ4n) is 5.06. The number of hydrogen-bond donors (Lipinski definition) is 0. The second-order valence-electron chi connectivity index (χ2n) is 9.79. The Balaban J connectivity index is 1.48. The first-order valence-corrected chi connectivity index (χ1v) is 13.2. The highest BCUT2D eigenvalue weighted by Gasteiger charge is 2.17. The molecule has 1 aliphatic carbocycles. The lowest BCUT2D eigenvalue weighted by Gasteiger charge is -2.22. The van der Waals surface area contributed by atoms with Gasteiger partial charge in [0.25, 0.3) is 0 Å². The molecule has 0 saturated carbocycles. The van der Waals surface area contributed by atoms with Crippen LogP contribution >= 0.6 is 0 Å². The first kappa shape index (κ1) is 26.0. The minimum absolute atomic E-state index is 0.225. The van der Waals surface area contributed by atoms with E-state index in [1.165, 1.54) is 12.0 Å². The Kier molecular flexibility index (Phi) is 8.85. The van der Waals surface area contributed by atoms with Crippen LogP contribution in [0, 0.1) is 23.4 Å². The monoisotopic (exact) mass is 488 g/mol. The van der Waals surface area contributed by atoms with Crippen molar-refractivity contribution in [3.8, 4) is 22.3 Å². The number of rotatable bonds is 9. The van der Waals surface area contributed by atoms with Gasteiger partial charge in [0.15, 0.2) is 11.6 Å². The molecule has 0 heterocycles. The Morgan fingerprint density at radius 3 is 2.19 bits per heavy atom. The summed E-state index contributed by atoms with van der Waals surface area (Å²) in [5, 5.41) is 0. The van der Waals surface area contributed by atoms with Crippen molar-refractivity contribution in [3.05, 3.63) is 101 Å². The smallest absolute Gasteiger partial charge is 0.166 e. The predicted octanol–water partition coefficient (Wildman–Crippen LogP) is 10.3. The summed E-state index contributed by atoms with van der Waals surface area (Å²) in [6.45, 7) is 4.08. The number of allylic oxidation sites excluding steroid dienone is 4. The summed E-state index contributed by atoms with van der Waals surface area (Å²) in [5.41, 5.74) is 4.60. The van der Waals surface area contributed by atoms with Crippen molar-refractivity contribution in [3.63, 3.8) is 0 Å². The molecular formula is C33H35F3. The third-order valence-electron chi connectivity index (χ3n) is 7.31. The fraction of sp³-hybridized carbons (Fsp3) is 0.333. The molecule has 0 fully saturated rings. The van der Waals surface area contributed by atoms with Crippen LogP contribution in [-0.4, -0.2) is 0 Å². The molecule has 1 unspecified atom stereocenters. The number of hydrogen-bond acceptors (Lipinski definition) is 0. The maximum atomic E-state index is 15.1. The van der Waals surface area contributed by atoms with E-state index < -0.39 is 11.6 Å². The highest BCUT2D eigenvalue weighted by molar-refractivity contribution is 5.74. The summed E-state index contributed by atoms with van der Waals surface area (Å²) in [6, 6.07) is 15.7. The topological polar surface area (TPSA) is 0 Å². The molecule has 0 aliphatic heterocycles. The van der Waals surface area contributed by atoms with Gasteiger partial charge >= 0.3 is 0 Å². The molecule has 0 aromatic heterocycles. The summed E-state index contributed by atoms with van der Waals surface area (Å²) < 4.78 is 44.4. The predicted molar refractivity (Wildman–Crippen MR) is 145 cm³/mol. The van der Waals surface area contributed by atoms with Gasteiger partial charge in [-0.1, -0.05) is 80.1 Å². The van der Waals surface area contributed by atoms with Crippen molar-refractivity contribution < 1.29 is 13.2 Å². The van der Waals surface area contributed by atoms with E-state index in [9.17, 15) is 8.78 Å². The van der Waals surface area contributed by atoms with Crippen LogP contribution in [0.5, 0.6) is 0 Å². The molecule has 4 rings (SSSR count). The van der Waals surface area contributed by atoms with E-state index in [4.69, 9.17) is 0 Å². The Morgan fingerprint density at radius 1 is 0.861 bits per heavy atom. The first-order chi connectivity index (χ1) is 17.5. The molecule has 0 nitrogen and oxygen atoms in total. The molecule has 188 valence electrons. The third kappa shape index (κ3) is 6.00. The molecule has 1 aliphatic rings. The minimum Gasteiger partial charge on any atom is -0.206 e. The van der Waals surface area contributed by atoms with Gasteiger partial charge in [0, 0.05) is 11.1 Å². The van der Waals surface area contributed by atoms with Crippen LogP contribution in [0.1, 0.15) is 69.9 Å². The van der Waals surface area contributed by atoms with Crippen LogP contribution in [0.3, 0.4) is 0 Å². The van der Waals surface area contributed by atoms with E-state index in [-0.39, 0.29) is 11.4 Å². The zero-order chi connectivity index (χ0) is 25.5. The molecule has 0 saturated heterocycles. The molecule has 0 bridgehead atoms. The van der Waals surface area contributed by atoms with Crippen LogP contribution in [0.15, 0.2) is 72.8 Å². The van der Waals surface area contributed by atoms with E-state index >= 15 is 4.39 Å². The first-order valence-electron chi connectivity index (χ1n) is 13.2. The van der Waals surface area contributed by atoms with Crippen molar-refractivity contribution in [1.29, 1.82) is 0 Å². The Labute approximate surface area is 213 Å². The van der Waals surface area contributed by atoms with Gasteiger partial charge in [0.2, 0.25) is 0 Å². The van der Waals surface area contributed by atoms with Gasteiger partial charge in [-0.05, 0) is 91.7 Å². The average Bonchev–Trinajstić information content (AvgIpc) is 2.90. The summed E-state index contributed by atoms with van der Waals surface area (Å²) in [4.78, 5) is 0. The lowest BCUT2D eigenvalue weighted by atomic mass is 9.84. The van der Waals surface area contributed by atoms with Gasteiger partial charge in [-0.25, -0.2) is 13.2 Å². The van der Waals surface area contributed by atoms with Crippen molar-refractivity contribution in [2.24, 2.45) is 5.92 Å². The van der Waals surface area contributed by atoms with Gasteiger partial charge < -0.3 is 0 Å². The van der Waals surface area contributed by atoms with Gasteiger partial charge in [0.05, 0.1) is 0 Å². The second kappa shape index (κ2) is 12.3. The molecule has 36 heavy (non-hydrogen) atoms. The molecule has 3 aromatic carbocycles. The summed E-state index contributed by atoms with van der Waals surface area (Å²) >= 11 is 0. The van der Waals surface area contributed by atoms with Crippen molar-refractivity contribution in [2.45, 2.75) is 65.2 Å². The quantitative estimate of drug-likeness (QED) is 0.263. The van der Waals surface area contributed by atoms with Crippen molar-refractivity contribution >= 4 is 5.57 Å². The molecule has 1 atom stereocenters. The Bertz CT molecular complexity index is 1230. The molecule has 0 radical (unpaired) electrons. The maximum absolute atomic E-state index is 15.1. The molecule has 0 N–H and O–H groups in total. The lowest BCUT2D eigenvalue weighted by Crippen LogP contribution is -2.05. The normalized spacial score (nSPS) is 15.9. The second-order valence-corrected chi connectivity index (χ2v) is 9.79. The highest BCUT2D eigenvalue weighted by Crippen LogP contribution is 2.35. The number of halogens is 3. The number of unbranched alkanes of at least 4 members (excludes halogenated alkanes) is 1. The van der Waals surface area contributed by atoms with Crippen LogP contribution in [0.4, 0.5) is 13.2 Å². The van der Waals surface area contributed by atoms with E-state index in [0.717, 1.165) is 44.1 Å². The van der Waals surface area contributed by atoms with E-state index in [1.807, 2.05) is 19.1 Å². The Hall–Kier alpha value is -3.07. The molecular weight excluding hydrogens is 453 g/mol.